The smallest absolute Gasteiger partial charge is 0.224 e. The summed E-state index contributed by atoms with van der Waals surface area (Å²) in [4.78, 5) is 24.5. The SMILES string of the molecule is COc1ccc(CNc2ncnc3c2ccn3[C@@H]2C[C@H](CN(C)C3CC(CCC(=O)Nc4ccc(Br)cc4N)C3)[C@H]3OC(C)(C)O[C@H]32)c(C)c1. The number of amides is 1. The van der Waals surface area contributed by atoms with Crippen molar-refractivity contribution in [2.45, 2.75) is 89.5 Å². The molecule has 2 aromatic heterocycles. The lowest BCUT2D eigenvalue weighted by Crippen LogP contribution is -2.46. The highest BCUT2D eigenvalue weighted by molar-refractivity contribution is 9.10. The molecule has 1 saturated heterocycles. The lowest BCUT2D eigenvalue weighted by molar-refractivity contribution is -0.161. The first-order valence-corrected chi connectivity index (χ1v) is 18.4. The van der Waals surface area contributed by atoms with Crippen LogP contribution < -0.4 is 21.1 Å². The van der Waals surface area contributed by atoms with Crippen LogP contribution in [0.4, 0.5) is 17.2 Å². The number of fused-ring (bicyclic) bond motifs is 2. The van der Waals surface area contributed by atoms with Crippen LogP contribution in [0.25, 0.3) is 11.0 Å². The molecule has 0 spiro atoms. The van der Waals surface area contributed by atoms with Crippen LogP contribution in [0.3, 0.4) is 0 Å². The first kappa shape index (κ1) is 34.7. The van der Waals surface area contributed by atoms with E-state index in [0.29, 0.717) is 42.2 Å². The summed E-state index contributed by atoms with van der Waals surface area (Å²) in [5, 5.41) is 7.49. The largest absolute Gasteiger partial charge is 0.497 e. The van der Waals surface area contributed by atoms with Gasteiger partial charge in [-0.15, -0.1) is 0 Å². The average Bonchev–Trinajstić information content (AvgIpc) is 3.72. The van der Waals surface area contributed by atoms with Gasteiger partial charge in [-0.05, 0) is 107 Å². The number of carbonyl (C=O) groups is 1. The molecule has 4 atom stereocenters. The zero-order valence-electron chi connectivity index (χ0n) is 29.5. The van der Waals surface area contributed by atoms with Gasteiger partial charge in [-0.25, -0.2) is 9.97 Å². The molecule has 11 nitrogen and oxygen atoms in total. The maximum Gasteiger partial charge on any atom is 0.224 e. The molecular formula is C38H48BrN7O4. The van der Waals surface area contributed by atoms with Crippen LogP contribution in [0.2, 0.25) is 0 Å². The van der Waals surface area contributed by atoms with E-state index in [1.54, 1.807) is 19.5 Å². The number of nitrogens with zero attached hydrogens (tertiary/aromatic N) is 4. The molecule has 2 saturated carbocycles. The van der Waals surface area contributed by atoms with E-state index < -0.39 is 5.79 Å². The summed E-state index contributed by atoms with van der Waals surface area (Å²) in [7, 11) is 3.92. The van der Waals surface area contributed by atoms with Gasteiger partial charge in [0.25, 0.3) is 0 Å². The van der Waals surface area contributed by atoms with Crippen LogP contribution in [-0.2, 0) is 20.8 Å². The van der Waals surface area contributed by atoms with E-state index in [4.69, 9.17) is 24.9 Å². The van der Waals surface area contributed by atoms with Gasteiger partial charge < -0.3 is 40.0 Å². The van der Waals surface area contributed by atoms with Gasteiger partial charge in [-0.3, -0.25) is 4.79 Å². The second-order valence-corrected chi connectivity index (χ2v) is 15.6. The predicted molar refractivity (Wildman–Crippen MR) is 199 cm³/mol. The molecule has 1 aliphatic heterocycles. The maximum absolute atomic E-state index is 12.6. The van der Waals surface area contributed by atoms with Crippen molar-refractivity contribution < 1.29 is 19.0 Å². The summed E-state index contributed by atoms with van der Waals surface area (Å²) in [6.45, 7) is 7.70. The van der Waals surface area contributed by atoms with Gasteiger partial charge in [0.15, 0.2) is 5.79 Å². The molecule has 3 fully saturated rings. The molecule has 4 aromatic rings. The third-order valence-electron chi connectivity index (χ3n) is 10.8. The van der Waals surface area contributed by atoms with E-state index in [1.807, 2.05) is 38.1 Å². The Morgan fingerprint density at radius 1 is 1.12 bits per heavy atom. The molecule has 2 aromatic carbocycles. The van der Waals surface area contributed by atoms with Gasteiger partial charge in [0.1, 0.15) is 29.6 Å². The van der Waals surface area contributed by atoms with E-state index >= 15 is 0 Å². The van der Waals surface area contributed by atoms with E-state index in [-0.39, 0.29) is 24.2 Å². The van der Waals surface area contributed by atoms with Crippen molar-refractivity contribution in [3.63, 3.8) is 0 Å². The van der Waals surface area contributed by atoms with Crippen molar-refractivity contribution in [1.29, 1.82) is 0 Å². The summed E-state index contributed by atoms with van der Waals surface area (Å²) in [6, 6.07) is 14.3. The topological polar surface area (TPSA) is 129 Å². The summed E-state index contributed by atoms with van der Waals surface area (Å²) >= 11 is 3.41. The summed E-state index contributed by atoms with van der Waals surface area (Å²) in [5.41, 5.74) is 10.5. The lowest BCUT2D eigenvalue weighted by Gasteiger charge is -2.42. The Morgan fingerprint density at radius 2 is 1.92 bits per heavy atom. The normalized spacial score (nSPS) is 25.4. The second kappa shape index (κ2) is 14.1. The van der Waals surface area contributed by atoms with E-state index in [2.05, 4.69) is 73.3 Å². The quantitative estimate of drug-likeness (QED) is 0.133. The predicted octanol–water partition coefficient (Wildman–Crippen LogP) is 6.92. The number of nitrogens with two attached hydrogens (primary N) is 1. The molecule has 266 valence electrons. The van der Waals surface area contributed by atoms with Gasteiger partial charge >= 0.3 is 0 Å². The minimum Gasteiger partial charge on any atom is -0.497 e. The maximum atomic E-state index is 12.6. The number of rotatable bonds is 12. The van der Waals surface area contributed by atoms with Gasteiger partial charge in [-0.2, -0.15) is 0 Å². The first-order valence-electron chi connectivity index (χ1n) is 17.6. The Bertz CT molecular complexity index is 1860. The molecule has 7 rings (SSSR count). The van der Waals surface area contributed by atoms with Crippen LogP contribution in [0.1, 0.15) is 63.1 Å². The number of aryl methyl sites for hydroxylation is 1. The fourth-order valence-electron chi connectivity index (χ4n) is 8.07. The van der Waals surface area contributed by atoms with Crippen LogP contribution in [0.5, 0.6) is 5.75 Å². The molecule has 0 radical (unpaired) electrons. The number of benzene rings is 2. The van der Waals surface area contributed by atoms with Crippen LogP contribution >= 0.6 is 15.9 Å². The minimum absolute atomic E-state index is 0.00186. The molecule has 1 amide bonds. The number of hydrogen-bond acceptors (Lipinski definition) is 9. The molecule has 0 bridgehead atoms. The Balaban J connectivity index is 0.967. The summed E-state index contributed by atoms with van der Waals surface area (Å²) in [6.07, 6.45) is 8.21. The highest BCUT2D eigenvalue weighted by Crippen LogP contribution is 2.48. The summed E-state index contributed by atoms with van der Waals surface area (Å²) in [5.74, 6) is 1.90. The van der Waals surface area contributed by atoms with Crippen LogP contribution in [-0.4, -0.2) is 70.1 Å². The molecule has 12 heteroatoms. The van der Waals surface area contributed by atoms with E-state index in [9.17, 15) is 4.79 Å². The number of anilines is 3. The summed E-state index contributed by atoms with van der Waals surface area (Å²) < 4.78 is 21.7. The average molecular weight is 747 g/mol. The Morgan fingerprint density at radius 3 is 2.68 bits per heavy atom. The number of hydrogen-bond donors (Lipinski definition) is 3. The van der Waals surface area contributed by atoms with Gasteiger partial charge in [0, 0.05) is 42.1 Å². The van der Waals surface area contributed by atoms with Crippen molar-refractivity contribution in [2.75, 3.05) is 37.1 Å². The molecule has 0 unspecified atom stereocenters. The van der Waals surface area contributed by atoms with Crippen molar-refractivity contribution in [3.8, 4) is 5.75 Å². The van der Waals surface area contributed by atoms with Crippen LogP contribution in [0, 0.1) is 18.8 Å². The van der Waals surface area contributed by atoms with Gasteiger partial charge in [0.2, 0.25) is 5.91 Å². The highest BCUT2D eigenvalue weighted by atomic mass is 79.9. The Labute approximate surface area is 302 Å². The monoisotopic (exact) mass is 745 g/mol. The number of nitrogens with one attached hydrogen (secondary N) is 2. The van der Waals surface area contributed by atoms with Gasteiger partial charge in [-0.1, -0.05) is 22.0 Å². The van der Waals surface area contributed by atoms with Crippen molar-refractivity contribution >= 4 is 50.1 Å². The zero-order valence-corrected chi connectivity index (χ0v) is 31.1. The fourth-order valence-corrected chi connectivity index (χ4v) is 8.45. The molecule has 2 aliphatic carbocycles. The molecule has 3 heterocycles. The third kappa shape index (κ3) is 7.21. The second-order valence-electron chi connectivity index (χ2n) is 14.7. The number of ether oxygens (including phenoxy) is 3. The number of methoxy groups -OCH3 is 1. The molecule has 50 heavy (non-hydrogen) atoms. The minimum atomic E-state index is -0.644. The van der Waals surface area contributed by atoms with Gasteiger partial charge in [0.05, 0.1) is 36.0 Å². The van der Waals surface area contributed by atoms with Crippen molar-refractivity contribution in [3.05, 3.63) is 70.6 Å². The number of halogens is 1. The van der Waals surface area contributed by atoms with Crippen molar-refractivity contribution in [2.24, 2.45) is 11.8 Å². The Hall–Kier alpha value is -3.71. The number of aromatic nitrogens is 3. The van der Waals surface area contributed by atoms with E-state index in [1.165, 1.54) is 5.56 Å². The number of carbonyl (C=O) groups excluding carboxylic acids is 1. The molecule has 4 N–H and O–H groups in total. The van der Waals surface area contributed by atoms with Crippen LogP contribution in [0.15, 0.2) is 59.5 Å². The zero-order chi connectivity index (χ0) is 35.2. The standard InChI is InChI=1S/C38H48BrN7O4/c1-22-14-28(48-5)9-7-24(22)19-41-36-29-12-13-46(37(29)43-21-42-36)32-17-25(34-35(32)50-38(2,3)49-34)20-45(4)27-15-23(16-27)6-11-33(47)44-31-10-8-26(39)18-30(31)40/h7-10,12-14,18,21,23,25,27,32,34-35H,6,11,15-17,19-20,40H2,1-5H3,(H,44,47)(H,41,42,43)/t23?,25-,27?,32-,34-,35+/m1/s1. The third-order valence-corrected chi connectivity index (χ3v) is 11.3. The highest BCUT2D eigenvalue weighted by Gasteiger charge is 2.55. The molecule has 3 aliphatic rings. The lowest BCUT2D eigenvalue weighted by atomic mass is 9.76. The molecular weight excluding hydrogens is 698 g/mol. The van der Waals surface area contributed by atoms with E-state index in [0.717, 1.165) is 64.9 Å². The fraction of sp³-hybridized carbons (Fsp3) is 0.500. The van der Waals surface area contributed by atoms with Crippen molar-refractivity contribution in [1.82, 2.24) is 19.4 Å². The number of nitrogen functional groups attached to an aromatic ring is 1. The Kier molecular flexibility index (Phi) is 9.81. The first-order chi connectivity index (χ1) is 24.0.